The van der Waals surface area contributed by atoms with Crippen LogP contribution in [0.15, 0.2) is 12.1 Å². The number of alkyl halides is 1. The predicted octanol–water partition coefficient (Wildman–Crippen LogP) is 3.74. The maximum Gasteiger partial charge on any atom is 0.154 e. The first-order chi connectivity index (χ1) is 9.58. The number of aromatic nitrogens is 2. The molecule has 1 unspecified atom stereocenters. The van der Waals surface area contributed by atoms with Crippen LogP contribution in [0.2, 0.25) is 0 Å². The molecule has 1 aliphatic rings. The second kappa shape index (κ2) is 5.20. The Labute approximate surface area is 121 Å². The molecule has 108 valence electrons. The molecule has 0 radical (unpaired) electrons. The number of hydrogen-bond acceptors (Lipinski definition) is 2. The van der Waals surface area contributed by atoms with E-state index < -0.39 is 11.6 Å². The van der Waals surface area contributed by atoms with Crippen molar-refractivity contribution in [3.05, 3.63) is 29.6 Å². The lowest BCUT2D eigenvalue weighted by atomic mass is 10.2. The van der Waals surface area contributed by atoms with Gasteiger partial charge in [-0.15, -0.1) is 11.6 Å². The molecule has 1 aromatic heterocycles. The largest absolute Gasteiger partial charge is 0.311 e. The Morgan fingerprint density at radius 1 is 1.20 bits per heavy atom. The minimum absolute atomic E-state index is 0.180. The highest BCUT2D eigenvalue weighted by Gasteiger charge is 2.23. The molecule has 0 saturated carbocycles. The van der Waals surface area contributed by atoms with Crippen LogP contribution in [0, 0.1) is 11.6 Å². The molecule has 1 fully saturated rings. The third-order valence-electron chi connectivity index (χ3n) is 3.65. The van der Waals surface area contributed by atoms with Crippen LogP contribution in [-0.4, -0.2) is 22.7 Å². The molecule has 1 aliphatic heterocycles. The van der Waals surface area contributed by atoms with Crippen molar-refractivity contribution in [1.82, 2.24) is 9.66 Å². The Hall–Kier alpha value is -1.36. The van der Waals surface area contributed by atoms with Crippen molar-refractivity contribution in [3.8, 4) is 0 Å². The van der Waals surface area contributed by atoms with Gasteiger partial charge in [-0.3, -0.25) is 0 Å². The molecule has 0 aliphatic carbocycles. The topological polar surface area (TPSA) is 21.1 Å². The highest BCUT2D eigenvalue weighted by atomic mass is 35.5. The Bertz CT molecular complexity index is 633. The van der Waals surface area contributed by atoms with E-state index in [-0.39, 0.29) is 10.9 Å². The van der Waals surface area contributed by atoms with E-state index in [1.165, 1.54) is 12.5 Å². The first-order valence-corrected chi connectivity index (χ1v) is 7.28. The van der Waals surface area contributed by atoms with Crippen LogP contribution in [0.1, 0.15) is 37.4 Å². The van der Waals surface area contributed by atoms with E-state index in [1.54, 1.807) is 11.6 Å². The number of nitrogens with zero attached hydrogens (tertiary/aromatic N) is 3. The first-order valence-electron chi connectivity index (χ1n) is 6.84. The number of piperidine rings is 1. The van der Waals surface area contributed by atoms with Gasteiger partial charge in [-0.05, 0) is 26.2 Å². The summed E-state index contributed by atoms with van der Waals surface area (Å²) in [4.78, 5) is 4.28. The van der Waals surface area contributed by atoms with Gasteiger partial charge in [0.1, 0.15) is 17.2 Å². The summed E-state index contributed by atoms with van der Waals surface area (Å²) in [5, 5.41) is 1.71. The summed E-state index contributed by atoms with van der Waals surface area (Å²) in [5.74, 6) is -0.677. The summed E-state index contributed by atoms with van der Waals surface area (Å²) >= 11 is 6.16. The van der Waals surface area contributed by atoms with Crippen LogP contribution < -0.4 is 5.01 Å². The molecule has 20 heavy (non-hydrogen) atoms. The fraction of sp³-hybridized carbons (Fsp3) is 0.500. The van der Waals surface area contributed by atoms with Crippen molar-refractivity contribution in [2.75, 3.05) is 18.1 Å². The average molecular weight is 300 g/mol. The first kappa shape index (κ1) is 13.6. The summed E-state index contributed by atoms with van der Waals surface area (Å²) < 4.78 is 29.2. The van der Waals surface area contributed by atoms with Crippen molar-refractivity contribution < 1.29 is 8.78 Å². The molecule has 0 amide bonds. The third-order valence-corrected chi connectivity index (χ3v) is 3.85. The lowest BCUT2D eigenvalue weighted by Crippen LogP contribution is -2.40. The monoisotopic (exact) mass is 299 g/mol. The normalized spacial score (nSPS) is 17.7. The molecule has 1 atom stereocenters. The van der Waals surface area contributed by atoms with Crippen LogP contribution in [0.5, 0.6) is 0 Å². The number of hydrogen-bond donors (Lipinski definition) is 0. The highest BCUT2D eigenvalue weighted by molar-refractivity contribution is 6.20. The minimum Gasteiger partial charge on any atom is -0.311 e. The Morgan fingerprint density at radius 2 is 1.90 bits per heavy atom. The van der Waals surface area contributed by atoms with E-state index >= 15 is 0 Å². The summed E-state index contributed by atoms with van der Waals surface area (Å²) in [7, 11) is 0. The smallest absolute Gasteiger partial charge is 0.154 e. The van der Waals surface area contributed by atoms with Gasteiger partial charge in [-0.1, -0.05) is 0 Å². The molecule has 0 bridgehead atoms. The summed E-state index contributed by atoms with van der Waals surface area (Å²) in [6.07, 6.45) is 3.30. The van der Waals surface area contributed by atoms with Crippen LogP contribution in [0.4, 0.5) is 8.78 Å². The van der Waals surface area contributed by atoms with Gasteiger partial charge in [-0.25, -0.2) is 18.4 Å². The number of halogens is 3. The fourth-order valence-electron chi connectivity index (χ4n) is 2.74. The molecule has 6 heteroatoms. The molecule has 2 heterocycles. The second-order valence-corrected chi connectivity index (χ2v) is 5.82. The Balaban J connectivity index is 2.22. The van der Waals surface area contributed by atoms with E-state index in [1.807, 2.05) is 0 Å². The summed E-state index contributed by atoms with van der Waals surface area (Å²) in [6, 6.07) is 2.18. The van der Waals surface area contributed by atoms with Gasteiger partial charge in [0.25, 0.3) is 0 Å². The number of rotatable bonds is 2. The van der Waals surface area contributed by atoms with Gasteiger partial charge in [0.05, 0.1) is 10.9 Å². The summed E-state index contributed by atoms with van der Waals surface area (Å²) in [5.41, 5.74) is 0.631. The average Bonchev–Trinajstić information content (AvgIpc) is 2.79. The molecule has 1 saturated heterocycles. The molecule has 1 aromatic carbocycles. The van der Waals surface area contributed by atoms with Crippen molar-refractivity contribution in [2.24, 2.45) is 0 Å². The number of imidazole rings is 1. The molecule has 3 rings (SSSR count). The SMILES string of the molecule is CC(Cl)c1nc2c(F)cc(F)cc2n1N1CCCCC1. The predicted molar refractivity (Wildman–Crippen MR) is 75.7 cm³/mol. The lowest BCUT2D eigenvalue weighted by Gasteiger charge is -2.31. The number of benzene rings is 1. The lowest BCUT2D eigenvalue weighted by molar-refractivity contribution is 0.474. The van der Waals surface area contributed by atoms with Crippen molar-refractivity contribution >= 4 is 22.6 Å². The third kappa shape index (κ3) is 2.24. The van der Waals surface area contributed by atoms with Gasteiger partial charge < -0.3 is 5.01 Å². The molecular weight excluding hydrogens is 284 g/mol. The van der Waals surface area contributed by atoms with Gasteiger partial charge >= 0.3 is 0 Å². The molecule has 0 spiro atoms. The molecule has 3 nitrogen and oxygen atoms in total. The molecule has 0 N–H and O–H groups in total. The number of fused-ring (bicyclic) bond motifs is 1. The second-order valence-electron chi connectivity index (χ2n) is 5.17. The maximum absolute atomic E-state index is 13.9. The minimum atomic E-state index is -0.644. The standard InChI is InChI=1S/C14H16ClF2N3/c1-9(15)14-18-13-11(17)7-10(16)8-12(13)20(14)19-5-3-2-4-6-19/h7-9H,2-6H2,1H3. The van der Waals surface area contributed by atoms with E-state index in [0.29, 0.717) is 11.3 Å². The Kier molecular flexibility index (Phi) is 3.54. The van der Waals surface area contributed by atoms with Gasteiger partial charge in [0.2, 0.25) is 0 Å². The van der Waals surface area contributed by atoms with Crippen LogP contribution in [-0.2, 0) is 0 Å². The Morgan fingerprint density at radius 3 is 2.55 bits per heavy atom. The van der Waals surface area contributed by atoms with Crippen LogP contribution in [0.25, 0.3) is 11.0 Å². The summed E-state index contributed by atoms with van der Waals surface area (Å²) in [6.45, 7) is 3.48. The quantitative estimate of drug-likeness (QED) is 0.788. The zero-order valence-electron chi connectivity index (χ0n) is 11.2. The molecule has 2 aromatic rings. The van der Waals surface area contributed by atoms with E-state index in [2.05, 4.69) is 9.99 Å². The van der Waals surface area contributed by atoms with Crippen molar-refractivity contribution in [3.63, 3.8) is 0 Å². The zero-order chi connectivity index (χ0) is 14.3. The van der Waals surface area contributed by atoms with E-state index in [4.69, 9.17) is 11.6 Å². The van der Waals surface area contributed by atoms with Crippen molar-refractivity contribution in [2.45, 2.75) is 31.6 Å². The molecular formula is C14H16ClF2N3. The van der Waals surface area contributed by atoms with Gasteiger partial charge in [0.15, 0.2) is 5.82 Å². The highest BCUT2D eigenvalue weighted by Crippen LogP contribution is 2.28. The van der Waals surface area contributed by atoms with Crippen LogP contribution in [0.3, 0.4) is 0 Å². The van der Waals surface area contributed by atoms with Gasteiger partial charge in [0, 0.05) is 25.2 Å². The van der Waals surface area contributed by atoms with Gasteiger partial charge in [-0.2, -0.15) is 0 Å². The zero-order valence-corrected chi connectivity index (χ0v) is 12.0. The maximum atomic E-state index is 13.9. The van der Waals surface area contributed by atoms with Crippen molar-refractivity contribution in [1.29, 1.82) is 0 Å². The van der Waals surface area contributed by atoms with Crippen LogP contribution >= 0.6 is 11.6 Å². The fourth-order valence-corrected chi connectivity index (χ4v) is 2.88. The van der Waals surface area contributed by atoms with E-state index in [0.717, 1.165) is 32.0 Å². The van der Waals surface area contributed by atoms with E-state index in [9.17, 15) is 8.78 Å².